The van der Waals surface area contributed by atoms with Gasteiger partial charge in [0.15, 0.2) is 0 Å². The van der Waals surface area contributed by atoms with Gasteiger partial charge in [-0.05, 0) is 13.8 Å². The van der Waals surface area contributed by atoms with Gasteiger partial charge in [-0.1, -0.05) is 0 Å². The number of hydrogen-bond acceptors (Lipinski definition) is 2. The topological polar surface area (TPSA) is 38.3 Å². The Balaban J connectivity index is 2.61. The molecule has 1 saturated heterocycles. The van der Waals surface area contributed by atoms with E-state index in [2.05, 4.69) is 5.32 Å². The van der Waals surface area contributed by atoms with Crippen molar-refractivity contribution in [2.75, 3.05) is 19.8 Å². The number of hydrogen-bond donors (Lipinski definition) is 1. The summed E-state index contributed by atoms with van der Waals surface area (Å²) in [4.78, 5) is 11.1. The molecule has 1 aliphatic rings. The molecule has 1 aliphatic heterocycles. The van der Waals surface area contributed by atoms with E-state index in [0.717, 1.165) is 0 Å². The summed E-state index contributed by atoms with van der Waals surface area (Å²) in [5.74, 6) is 0.0880. The largest absolute Gasteiger partial charge is 0.379 e. The number of rotatable bonds is 0. The highest BCUT2D eigenvalue weighted by Gasteiger charge is 2.29. The van der Waals surface area contributed by atoms with E-state index in [4.69, 9.17) is 4.74 Å². The molecule has 1 heterocycles. The van der Waals surface area contributed by atoms with Crippen LogP contribution in [0.3, 0.4) is 0 Å². The normalized spacial score (nSPS) is 25.2. The van der Waals surface area contributed by atoms with Gasteiger partial charge in [-0.15, -0.1) is 0 Å². The zero-order chi connectivity index (χ0) is 7.61. The van der Waals surface area contributed by atoms with Crippen LogP contribution in [0.4, 0.5) is 0 Å². The quantitative estimate of drug-likeness (QED) is 0.524. The van der Waals surface area contributed by atoms with Crippen molar-refractivity contribution in [1.82, 2.24) is 5.32 Å². The summed E-state index contributed by atoms with van der Waals surface area (Å²) < 4.78 is 5.20. The first kappa shape index (κ1) is 7.54. The van der Waals surface area contributed by atoms with Crippen LogP contribution in [0.5, 0.6) is 0 Å². The molecule has 3 heteroatoms. The van der Waals surface area contributed by atoms with Crippen molar-refractivity contribution >= 4 is 5.91 Å². The van der Waals surface area contributed by atoms with E-state index >= 15 is 0 Å². The van der Waals surface area contributed by atoms with Crippen molar-refractivity contribution < 1.29 is 9.53 Å². The Labute approximate surface area is 60.7 Å². The molecule has 0 spiro atoms. The number of amides is 1. The fourth-order valence-electron chi connectivity index (χ4n) is 0.869. The molecular formula is C7H13NO2. The van der Waals surface area contributed by atoms with Gasteiger partial charge in [-0.25, -0.2) is 0 Å². The van der Waals surface area contributed by atoms with Crippen molar-refractivity contribution in [2.45, 2.75) is 13.8 Å². The maximum absolute atomic E-state index is 11.1. The lowest BCUT2D eigenvalue weighted by Gasteiger charge is -2.18. The number of nitrogens with one attached hydrogen (secondary N) is 1. The van der Waals surface area contributed by atoms with E-state index in [9.17, 15) is 4.79 Å². The Morgan fingerprint density at radius 3 is 3.00 bits per heavy atom. The fraction of sp³-hybridized carbons (Fsp3) is 0.857. The van der Waals surface area contributed by atoms with Crippen molar-refractivity contribution in [1.29, 1.82) is 0 Å². The first-order chi connectivity index (χ1) is 4.63. The standard InChI is InChI=1S/C7H13NO2/c1-7(2)5-10-4-3-8-6(7)9/h3-5H2,1-2H3,(H,8,9). The van der Waals surface area contributed by atoms with Gasteiger partial charge in [0.05, 0.1) is 18.6 Å². The molecule has 0 radical (unpaired) electrons. The van der Waals surface area contributed by atoms with Gasteiger partial charge in [0, 0.05) is 6.54 Å². The Hall–Kier alpha value is -0.570. The summed E-state index contributed by atoms with van der Waals surface area (Å²) in [5.41, 5.74) is -0.351. The van der Waals surface area contributed by atoms with Crippen molar-refractivity contribution in [3.05, 3.63) is 0 Å². The summed E-state index contributed by atoms with van der Waals surface area (Å²) in [6.07, 6.45) is 0. The van der Waals surface area contributed by atoms with E-state index in [1.807, 2.05) is 13.8 Å². The summed E-state index contributed by atoms with van der Waals surface area (Å²) in [6, 6.07) is 0. The Kier molecular flexibility index (Phi) is 1.94. The number of ether oxygens (including phenoxy) is 1. The Morgan fingerprint density at radius 2 is 2.30 bits per heavy atom. The van der Waals surface area contributed by atoms with E-state index in [1.165, 1.54) is 0 Å². The molecule has 1 rings (SSSR count). The highest BCUT2D eigenvalue weighted by Crippen LogP contribution is 2.16. The minimum atomic E-state index is -0.351. The SMILES string of the molecule is CC1(C)COCCNC1=O. The van der Waals surface area contributed by atoms with Crippen molar-refractivity contribution in [2.24, 2.45) is 5.41 Å². The van der Waals surface area contributed by atoms with Gasteiger partial charge in [0.25, 0.3) is 0 Å². The molecule has 3 nitrogen and oxygen atoms in total. The van der Waals surface area contributed by atoms with Gasteiger partial charge < -0.3 is 10.1 Å². The predicted octanol–water partition coefficient (Wildman–Crippen LogP) is 0.159. The minimum Gasteiger partial charge on any atom is -0.379 e. The van der Waals surface area contributed by atoms with Crippen LogP contribution in [-0.2, 0) is 9.53 Å². The molecule has 0 aromatic rings. The van der Waals surface area contributed by atoms with Crippen LogP contribution in [0.1, 0.15) is 13.8 Å². The van der Waals surface area contributed by atoms with Crippen molar-refractivity contribution in [3.63, 3.8) is 0 Å². The third kappa shape index (κ3) is 1.48. The van der Waals surface area contributed by atoms with Crippen LogP contribution in [0.15, 0.2) is 0 Å². The number of carbonyl (C=O) groups is 1. The molecule has 0 atom stereocenters. The van der Waals surface area contributed by atoms with Gasteiger partial charge in [-0.3, -0.25) is 4.79 Å². The second kappa shape index (κ2) is 2.58. The zero-order valence-corrected chi connectivity index (χ0v) is 6.44. The Morgan fingerprint density at radius 1 is 1.60 bits per heavy atom. The fourth-order valence-corrected chi connectivity index (χ4v) is 0.869. The predicted molar refractivity (Wildman–Crippen MR) is 37.6 cm³/mol. The lowest BCUT2D eigenvalue weighted by atomic mass is 9.94. The average molecular weight is 143 g/mol. The lowest BCUT2D eigenvalue weighted by molar-refractivity contribution is -0.130. The molecule has 0 unspecified atom stereocenters. The molecule has 0 bridgehead atoms. The molecule has 1 N–H and O–H groups in total. The summed E-state index contributed by atoms with van der Waals surface area (Å²) >= 11 is 0. The van der Waals surface area contributed by atoms with E-state index in [1.54, 1.807) is 0 Å². The maximum Gasteiger partial charge on any atom is 0.228 e. The molecule has 58 valence electrons. The van der Waals surface area contributed by atoms with Crippen LogP contribution in [0.25, 0.3) is 0 Å². The molecule has 0 saturated carbocycles. The summed E-state index contributed by atoms with van der Waals surface area (Å²) in [7, 11) is 0. The van der Waals surface area contributed by atoms with E-state index < -0.39 is 0 Å². The van der Waals surface area contributed by atoms with E-state index in [-0.39, 0.29) is 11.3 Å². The molecule has 1 amide bonds. The van der Waals surface area contributed by atoms with Crippen LogP contribution >= 0.6 is 0 Å². The van der Waals surface area contributed by atoms with Gasteiger partial charge in [0.1, 0.15) is 0 Å². The lowest BCUT2D eigenvalue weighted by Crippen LogP contribution is -2.37. The van der Waals surface area contributed by atoms with Gasteiger partial charge >= 0.3 is 0 Å². The second-order valence-electron chi connectivity index (χ2n) is 3.19. The highest BCUT2D eigenvalue weighted by molar-refractivity contribution is 5.82. The molecular weight excluding hydrogens is 130 g/mol. The van der Waals surface area contributed by atoms with Gasteiger partial charge in [0.2, 0.25) is 5.91 Å². The second-order valence-corrected chi connectivity index (χ2v) is 3.19. The highest BCUT2D eigenvalue weighted by atomic mass is 16.5. The molecule has 0 aromatic carbocycles. The molecule has 0 aromatic heterocycles. The number of carbonyl (C=O) groups excluding carboxylic acids is 1. The first-order valence-corrected chi connectivity index (χ1v) is 3.49. The molecule has 10 heavy (non-hydrogen) atoms. The first-order valence-electron chi connectivity index (χ1n) is 3.49. The van der Waals surface area contributed by atoms with Crippen LogP contribution in [0.2, 0.25) is 0 Å². The summed E-state index contributed by atoms with van der Waals surface area (Å²) in [6.45, 7) is 5.57. The van der Waals surface area contributed by atoms with Crippen molar-refractivity contribution in [3.8, 4) is 0 Å². The monoisotopic (exact) mass is 143 g/mol. The summed E-state index contributed by atoms with van der Waals surface area (Å²) in [5, 5.41) is 2.77. The van der Waals surface area contributed by atoms with Crippen LogP contribution in [0, 0.1) is 5.41 Å². The zero-order valence-electron chi connectivity index (χ0n) is 6.44. The maximum atomic E-state index is 11.1. The average Bonchev–Trinajstić information content (AvgIpc) is 1.96. The van der Waals surface area contributed by atoms with Gasteiger partial charge in [-0.2, -0.15) is 0 Å². The smallest absolute Gasteiger partial charge is 0.228 e. The third-order valence-corrected chi connectivity index (χ3v) is 1.61. The third-order valence-electron chi connectivity index (χ3n) is 1.61. The Bertz CT molecular complexity index is 143. The van der Waals surface area contributed by atoms with Crippen LogP contribution < -0.4 is 5.32 Å². The van der Waals surface area contributed by atoms with Crippen LogP contribution in [-0.4, -0.2) is 25.7 Å². The van der Waals surface area contributed by atoms with E-state index in [0.29, 0.717) is 19.8 Å². The molecule has 1 fully saturated rings. The molecule has 0 aliphatic carbocycles. The minimum absolute atomic E-state index is 0.0880.